The smallest absolute Gasteiger partial charge is 0.347 e. The van der Waals surface area contributed by atoms with Gasteiger partial charge in [0.05, 0.1) is 17.2 Å². The van der Waals surface area contributed by atoms with E-state index < -0.39 is 17.5 Å². The molecule has 1 fully saturated rings. The minimum atomic E-state index is -0.760. The molecule has 3 N–H and O–H groups in total. The minimum Gasteiger partial charge on any atom is -0.507 e. The van der Waals surface area contributed by atoms with Crippen LogP contribution in [0.2, 0.25) is 5.02 Å². The molecule has 1 aliphatic heterocycles. The Morgan fingerprint density at radius 3 is 2.68 bits per heavy atom. The summed E-state index contributed by atoms with van der Waals surface area (Å²) in [4.78, 5) is 12.0. The van der Waals surface area contributed by atoms with E-state index in [0.29, 0.717) is 6.42 Å². The lowest BCUT2D eigenvalue weighted by atomic mass is 10.1. The Balaban J connectivity index is 1.87. The van der Waals surface area contributed by atoms with Gasteiger partial charge < -0.3 is 24.5 Å². The van der Waals surface area contributed by atoms with E-state index in [9.17, 15) is 20.1 Å². The van der Waals surface area contributed by atoms with Crippen molar-refractivity contribution in [3.05, 3.63) is 51.6 Å². The van der Waals surface area contributed by atoms with E-state index in [2.05, 4.69) is 0 Å². The average molecular weight is 365 g/mol. The van der Waals surface area contributed by atoms with Crippen LogP contribution in [0, 0.1) is 0 Å². The van der Waals surface area contributed by atoms with E-state index in [0.717, 1.165) is 6.07 Å². The SMILES string of the molecule is C[C@H]1C[C@@H](O)[C@H](C=CC=Cc2cc3c(Cl)c(O)cc(O)c3c(=O)o2)O1. The molecule has 6 nitrogen and oxygen atoms in total. The normalized spacial score (nSPS) is 24.0. The zero-order chi connectivity index (χ0) is 18.1. The molecule has 3 rings (SSSR count). The summed E-state index contributed by atoms with van der Waals surface area (Å²) in [7, 11) is 0. The summed E-state index contributed by atoms with van der Waals surface area (Å²) < 4.78 is 10.6. The number of phenols is 2. The summed E-state index contributed by atoms with van der Waals surface area (Å²) in [5.74, 6) is -0.522. The van der Waals surface area contributed by atoms with Crippen molar-refractivity contribution in [3.8, 4) is 11.5 Å². The first-order chi connectivity index (χ1) is 11.9. The molecule has 1 aliphatic rings. The Kier molecular flexibility index (Phi) is 4.85. The standard InChI is InChI=1S/C18H17ClO6/c1-9-6-12(20)15(24-9)5-3-2-4-10-7-11-16(18(23)25-10)13(21)8-14(22)17(11)19/h2-5,7-9,12,15,20-22H,6H2,1H3/t9-,12+,15-/m0/s1. The average Bonchev–Trinajstić information content (AvgIpc) is 2.86. The third kappa shape index (κ3) is 3.56. The maximum Gasteiger partial charge on any atom is 0.347 e. The van der Waals surface area contributed by atoms with Gasteiger partial charge in [0.2, 0.25) is 0 Å². The fourth-order valence-electron chi connectivity index (χ4n) is 2.80. The van der Waals surface area contributed by atoms with Crippen LogP contribution in [0.4, 0.5) is 0 Å². The monoisotopic (exact) mass is 364 g/mol. The molecule has 1 aromatic heterocycles. The van der Waals surface area contributed by atoms with Crippen molar-refractivity contribution >= 4 is 28.4 Å². The van der Waals surface area contributed by atoms with Crippen LogP contribution in [0.25, 0.3) is 16.8 Å². The van der Waals surface area contributed by atoms with Crippen molar-refractivity contribution in [2.45, 2.75) is 31.7 Å². The largest absolute Gasteiger partial charge is 0.507 e. The van der Waals surface area contributed by atoms with E-state index in [1.165, 1.54) is 12.1 Å². The van der Waals surface area contributed by atoms with Crippen LogP contribution in [0.15, 0.2) is 39.6 Å². The molecule has 25 heavy (non-hydrogen) atoms. The van der Waals surface area contributed by atoms with Gasteiger partial charge in [-0.25, -0.2) is 4.79 Å². The fraction of sp³-hybridized carbons (Fsp3) is 0.278. The van der Waals surface area contributed by atoms with Crippen molar-refractivity contribution in [1.29, 1.82) is 0 Å². The summed E-state index contributed by atoms with van der Waals surface area (Å²) in [5.41, 5.74) is -0.760. The number of benzene rings is 1. The highest BCUT2D eigenvalue weighted by Gasteiger charge is 2.28. The first-order valence-corrected chi connectivity index (χ1v) is 8.11. The molecular weight excluding hydrogens is 348 g/mol. The lowest BCUT2D eigenvalue weighted by Gasteiger charge is -2.07. The van der Waals surface area contributed by atoms with E-state index >= 15 is 0 Å². The number of hydrogen-bond acceptors (Lipinski definition) is 6. The van der Waals surface area contributed by atoms with Gasteiger partial charge in [-0.15, -0.1) is 0 Å². The number of aliphatic hydroxyl groups is 1. The molecule has 0 radical (unpaired) electrons. The summed E-state index contributed by atoms with van der Waals surface area (Å²) in [5, 5.41) is 29.3. The second-order valence-corrected chi connectivity index (χ2v) is 6.29. The van der Waals surface area contributed by atoms with Crippen LogP contribution in [-0.2, 0) is 4.74 Å². The Hall–Kier alpha value is -2.28. The number of allylic oxidation sites excluding steroid dienone is 2. The predicted octanol–water partition coefficient (Wildman–Crippen LogP) is 2.97. The van der Waals surface area contributed by atoms with Crippen molar-refractivity contribution in [2.24, 2.45) is 0 Å². The van der Waals surface area contributed by atoms with Gasteiger partial charge >= 0.3 is 5.63 Å². The van der Waals surface area contributed by atoms with Crippen LogP contribution in [0.1, 0.15) is 19.1 Å². The number of rotatable bonds is 3. The zero-order valence-corrected chi connectivity index (χ0v) is 14.1. The topological polar surface area (TPSA) is 100 Å². The molecule has 0 amide bonds. The summed E-state index contributed by atoms with van der Waals surface area (Å²) in [6.45, 7) is 1.89. The molecule has 0 bridgehead atoms. The highest BCUT2D eigenvalue weighted by atomic mass is 35.5. The third-order valence-corrected chi connectivity index (χ3v) is 4.37. The van der Waals surface area contributed by atoms with Crippen molar-refractivity contribution < 1.29 is 24.5 Å². The maximum atomic E-state index is 12.0. The fourth-order valence-corrected chi connectivity index (χ4v) is 3.00. The first-order valence-electron chi connectivity index (χ1n) is 7.73. The second-order valence-electron chi connectivity index (χ2n) is 5.91. The molecule has 2 aromatic rings. The number of aromatic hydroxyl groups is 2. The molecule has 3 atom stereocenters. The van der Waals surface area contributed by atoms with Gasteiger partial charge in [-0.1, -0.05) is 29.8 Å². The second kappa shape index (κ2) is 6.92. The zero-order valence-electron chi connectivity index (χ0n) is 13.3. The van der Waals surface area contributed by atoms with Gasteiger partial charge in [-0.05, 0) is 19.1 Å². The molecule has 0 spiro atoms. The third-order valence-electron chi connectivity index (χ3n) is 3.98. The lowest BCUT2D eigenvalue weighted by molar-refractivity contribution is 0.0469. The molecule has 132 valence electrons. The van der Waals surface area contributed by atoms with Crippen molar-refractivity contribution in [1.82, 2.24) is 0 Å². The van der Waals surface area contributed by atoms with Crippen molar-refractivity contribution in [3.63, 3.8) is 0 Å². The molecule has 1 aromatic carbocycles. The number of ether oxygens (including phenoxy) is 1. The molecular formula is C18H17ClO6. The lowest BCUT2D eigenvalue weighted by Crippen LogP contribution is -2.17. The summed E-state index contributed by atoms with van der Waals surface area (Å²) in [6.07, 6.45) is 6.24. The van der Waals surface area contributed by atoms with Crippen LogP contribution in [-0.4, -0.2) is 33.6 Å². The Morgan fingerprint density at radius 1 is 1.24 bits per heavy atom. The van der Waals surface area contributed by atoms with Crippen LogP contribution in [0.3, 0.4) is 0 Å². The molecule has 0 aliphatic carbocycles. The van der Waals surface area contributed by atoms with Gasteiger partial charge in [0.25, 0.3) is 0 Å². The molecule has 2 heterocycles. The molecule has 1 saturated heterocycles. The van der Waals surface area contributed by atoms with Crippen molar-refractivity contribution in [2.75, 3.05) is 0 Å². The number of aliphatic hydroxyl groups excluding tert-OH is 1. The van der Waals surface area contributed by atoms with Crippen LogP contribution < -0.4 is 5.63 Å². The van der Waals surface area contributed by atoms with E-state index in [1.807, 2.05) is 6.92 Å². The Bertz CT molecular complexity index is 914. The molecule has 7 heteroatoms. The molecule has 0 unspecified atom stereocenters. The van der Waals surface area contributed by atoms with E-state index in [4.69, 9.17) is 20.8 Å². The summed E-state index contributed by atoms with van der Waals surface area (Å²) in [6, 6.07) is 2.44. The van der Waals surface area contributed by atoms with Gasteiger partial charge in [-0.2, -0.15) is 0 Å². The van der Waals surface area contributed by atoms with Gasteiger partial charge in [0, 0.05) is 17.9 Å². The van der Waals surface area contributed by atoms with Gasteiger partial charge in [-0.3, -0.25) is 0 Å². The number of halogens is 1. The van der Waals surface area contributed by atoms with E-state index in [1.54, 1.807) is 18.2 Å². The van der Waals surface area contributed by atoms with Crippen LogP contribution in [0.5, 0.6) is 11.5 Å². The van der Waals surface area contributed by atoms with Crippen LogP contribution >= 0.6 is 11.6 Å². The van der Waals surface area contributed by atoms with E-state index in [-0.39, 0.29) is 39.5 Å². The Labute approximate surface area is 148 Å². The quantitative estimate of drug-likeness (QED) is 0.724. The molecule has 0 saturated carbocycles. The number of fused-ring (bicyclic) bond motifs is 1. The Morgan fingerprint density at radius 2 is 2.00 bits per heavy atom. The maximum absolute atomic E-state index is 12.0. The van der Waals surface area contributed by atoms with Gasteiger partial charge in [0.1, 0.15) is 28.7 Å². The number of hydrogen-bond donors (Lipinski definition) is 3. The van der Waals surface area contributed by atoms with Gasteiger partial charge in [0.15, 0.2) is 0 Å². The summed E-state index contributed by atoms with van der Waals surface area (Å²) >= 11 is 5.99. The first kappa shape index (κ1) is 17.5. The highest BCUT2D eigenvalue weighted by Crippen LogP contribution is 2.36. The predicted molar refractivity (Wildman–Crippen MR) is 94.0 cm³/mol. The minimum absolute atomic E-state index is 0.00892. The highest BCUT2D eigenvalue weighted by molar-refractivity contribution is 6.37. The number of phenolic OH excluding ortho intramolecular Hbond substituents is 2.